The molecule has 3 N–H and O–H groups in total. The lowest BCUT2D eigenvalue weighted by Crippen LogP contribution is -2.46. The van der Waals surface area contributed by atoms with E-state index in [0.29, 0.717) is 22.2 Å². The van der Waals surface area contributed by atoms with Gasteiger partial charge in [-0.1, -0.05) is 23.2 Å². The molecule has 1 aromatic carbocycles. The summed E-state index contributed by atoms with van der Waals surface area (Å²) in [4.78, 5) is 11.8. The molecule has 0 aliphatic rings. The van der Waals surface area contributed by atoms with Crippen LogP contribution in [-0.2, 0) is 0 Å². The van der Waals surface area contributed by atoms with E-state index >= 15 is 0 Å². The molecule has 0 aromatic heterocycles. The fourth-order valence-corrected chi connectivity index (χ4v) is 1.73. The summed E-state index contributed by atoms with van der Waals surface area (Å²) >= 11 is 11.8. The van der Waals surface area contributed by atoms with E-state index in [9.17, 15) is 4.79 Å². The molecule has 100 valence electrons. The van der Waals surface area contributed by atoms with Crippen molar-refractivity contribution in [2.45, 2.75) is 25.8 Å². The molecule has 0 saturated carbocycles. The molecule has 0 atom stereocenters. The maximum Gasteiger partial charge on any atom is 0.319 e. The van der Waals surface area contributed by atoms with Gasteiger partial charge in [0.05, 0.1) is 10.7 Å². The minimum Gasteiger partial charge on any atom is -0.396 e. The first kappa shape index (κ1) is 15.1. The van der Waals surface area contributed by atoms with Crippen molar-refractivity contribution in [2.24, 2.45) is 0 Å². The highest BCUT2D eigenvalue weighted by Gasteiger charge is 2.20. The lowest BCUT2D eigenvalue weighted by Gasteiger charge is -2.25. The Kier molecular flexibility index (Phi) is 5.26. The summed E-state index contributed by atoms with van der Waals surface area (Å²) in [6, 6.07) is 4.43. The van der Waals surface area contributed by atoms with Crippen molar-refractivity contribution in [1.82, 2.24) is 5.32 Å². The predicted molar refractivity (Wildman–Crippen MR) is 74.4 cm³/mol. The molecule has 18 heavy (non-hydrogen) atoms. The van der Waals surface area contributed by atoms with Gasteiger partial charge >= 0.3 is 6.03 Å². The van der Waals surface area contributed by atoms with E-state index in [0.717, 1.165) is 0 Å². The first-order chi connectivity index (χ1) is 8.34. The van der Waals surface area contributed by atoms with E-state index in [4.69, 9.17) is 28.3 Å². The maximum absolute atomic E-state index is 11.8. The van der Waals surface area contributed by atoms with Crippen LogP contribution in [0.25, 0.3) is 0 Å². The lowest BCUT2D eigenvalue weighted by molar-refractivity contribution is 0.218. The number of hydrogen-bond donors (Lipinski definition) is 3. The van der Waals surface area contributed by atoms with Crippen molar-refractivity contribution < 1.29 is 9.90 Å². The van der Waals surface area contributed by atoms with Gasteiger partial charge in [-0.15, -0.1) is 0 Å². The zero-order valence-electron chi connectivity index (χ0n) is 10.3. The van der Waals surface area contributed by atoms with Gasteiger partial charge in [0.2, 0.25) is 0 Å². The predicted octanol–water partition coefficient (Wildman–Crippen LogP) is 3.28. The third-order valence-electron chi connectivity index (χ3n) is 2.37. The summed E-state index contributed by atoms with van der Waals surface area (Å²) in [5.41, 5.74) is -0.0503. The van der Waals surface area contributed by atoms with Crippen LogP contribution >= 0.6 is 23.2 Å². The Morgan fingerprint density at radius 2 is 2.06 bits per heavy atom. The highest BCUT2D eigenvalue weighted by molar-refractivity contribution is 6.35. The Morgan fingerprint density at radius 1 is 1.39 bits per heavy atom. The summed E-state index contributed by atoms with van der Waals surface area (Å²) in [6.07, 6.45) is 0.462. The molecule has 0 spiro atoms. The molecular formula is C12H16Cl2N2O2. The maximum atomic E-state index is 11.8. The van der Waals surface area contributed by atoms with E-state index in [1.54, 1.807) is 18.2 Å². The summed E-state index contributed by atoms with van der Waals surface area (Å²) in [5, 5.41) is 15.1. The minimum absolute atomic E-state index is 0.00516. The molecule has 1 rings (SSSR count). The highest BCUT2D eigenvalue weighted by atomic mass is 35.5. The van der Waals surface area contributed by atoms with Crippen molar-refractivity contribution in [3.8, 4) is 0 Å². The number of amides is 2. The van der Waals surface area contributed by atoms with Crippen LogP contribution in [0.15, 0.2) is 18.2 Å². The molecule has 0 heterocycles. The molecule has 1 aromatic rings. The Balaban J connectivity index is 2.67. The Bertz CT molecular complexity index is 436. The standard InChI is InChI=1S/C12H16Cl2N2O2/c1-12(2,5-6-17)16-11(18)15-10-7-8(13)3-4-9(10)14/h3-4,7,17H,5-6H2,1-2H3,(H2,15,16,18). The van der Waals surface area contributed by atoms with Crippen LogP contribution in [0.3, 0.4) is 0 Å². The second kappa shape index (κ2) is 6.27. The minimum atomic E-state index is -0.496. The molecule has 0 bridgehead atoms. The Morgan fingerprint density at radius 3 is 2.67 bits per heavy atom. The van der Waals surface area contributed by atoms with E-state index in [2.05, 4.69) is 10.6 Å². The number of carbonyl (C=O) groups excluding carboxylic acids is 1. The molecular weight excluding hydrogens is 275 g/mol. The largest absolute Gasteiger partial charge is 0.396 e. The molecule has 0 aliphatic heterocycles. The van der Waals surface area contributed by atoms with Crippen molar-refractivity contribution >= 4 is 34.9 Å². The first-order valence-electron chi connectivity index (χ1n) is 5.49. The molecule has 2 amide bonds. The third-order valence-corrected chi connectivity index (χ3v) is 2.93. The molecule has 6 heteroatoms. The normalized spacial score (nSPS) is 11.2. The number of anilines is 1. The number of aliphatic hydroxyl groups is 1. The highest BCUT2D eigenvalue weighted by Crippen LogP contribution is 2.25. The van der Waals surface area contributed by atoms with Gasteiger partial charge in [0, 0.05) is 17.2 Å². The van der Waals surface area contributed by atoms with Gasteiger partial charge in [-0.2, -0.15) is 0 Å². The zero-order valence-corrected chi connectivity index (χ0v) is 11.8. The summed E-state index contributed by atoms with van der Waals surface area (Å²) in [5.74, 6) is 0. The van der Waals surface area contributed by atoms with Crippen molar-refractivity contribution in [3.05, 3.63) is 28.2 Å². The van der Waals surface area contributed by atoms with Gasteiger partial charge in [0.25, 0.3) is 0 Å². The van der Waals surface area contributed by atoms with Crippen LogP contribution < -0.4 is 10.6 Å². The second-order valence-electron chi connectivity index (χ2n) is 4.56. The van der Waals surface area contributed by atoms with E-state index < -0.39 is 11.6 Å². The molecule has 0 fully saturated rings. The number of urea groups is 1. The fourth-order valence-electron chi connectivity index (χ4n) is 1.40. The second-order valence-corrected chi connectivity index (χ2v) is 5.40. The number of hydrogen-bond acceptors (Lipinski definition) is 2. The van der Waals surface area contributed by atoms with E-state index in [1.165, 1.54) is 0 Å². The van der Waals surface area contributed by atoms with Crippen molar-refractivity contribution in [2.75, 3.05) is 11.9 Å². The topological polar surface area (TPSA) is 61.4 Å². The van der Waals surface area contributed by atoms with Gasteiger partial charge in [0.1, 0.15) is 0 Å². The quantitative estimate of drug-likeness (QED) is 0.797. The molecule has 0 aliphatic carbocycles. The summed E-state index contributed by atoms with van der Waals surface area (Å²) in [7, 11) is 0. The third kappa shape index (κ3) is 4.72. The number of halogens is 2. The molecule has 0 saturated heterocycles. The number of aliphatic hydroxyl groups excluding tert-OH is 1. The van der Waals surface area contributed by atoms with Gasteiger partial charge in [-0.05, 0) is 38.5 Å². The van der Waals surface area contributed by atoms with Crippen LogP contribution in [-0.4, -0.2) is 23.3 Å². The van der Waals surface area contributed by atoms with Crippen LogP contribution in [0.5, 0.6) is 0 Å². The lowest BCUT2D eigenvalue weighted by atomic mass is 10.0. The molecule has 0 unspecified atom stereocenters. The van der Waals surface area contributed by atoms with Gasteiger partial charge in [-0.25, -0.2) is 4.79 Å². The number of nitrogens with one attached hydrogen (secondary N) is 2. The SMILES string of the molecule is CC(C)(CCO)NC(=O)Nc1cc(Cl)ccc1Cl. The van der Waals surface area contributed by atoms with Crippen LogP contribution in [0.2, 0.25) is 10.0 Å². The smallest absolute Gasteiger partial charge is 0.319 e. The number of benzene rings is 1. The summed E-state index contributed by atoms with van der Waals surface area (Å²) in [6.45, 7) is 3.65. The van der Waals surface area contributed by atoms with E-state index in [1.807, 2.05) is 13.8 Å². The van der Waals surface area contributed by atoms with Gasteiger partial charge in [-0.3, -0.25) is 0 Å². The Hall–Kier alpha value is -0.970. The fraction of sp³-hybridized carbons (Fsp3) is 0.417. The van der Waals surface area contributed by atoms with Crippen molar-refractivity contribution in [1.29, 1.82) is 0 Å². The van der Waals surface area contributed by atoms with Crippen LogP contribution in [0.4, 0.5) is 10.5 Å². The average molecular weight is 291 g/mol. The van der Waals surface area contributed by atoms with Crippen LogP contribution in [0.1, 0.15) is 20.3 Å². The first-order valence-corrected chi connectivity index (χ1v) is 6.25. The number of carbonyl (C=O) groups is 1. The van der Waals surface area contributed by atoms with Gasteiger partial charge in [0.15, 0.2) is 0 Å². The van der Waals surface area contributed by atoms with Crippen molar-refractivity contribution in [3.63, 3.8) is 0 Å². The molecule has 0 radical (unpaired) electrons. The number of rotatable bonds is 4. The van der Waals surface area contributed by atoms with Crippen LogP contribution in [0, 0.1) is 0 Å². The van der Waals surface area contributed by atoms with E-state index in [-0.39, 0.29) is 6.61 Å². The summed E-state index contributed by atoms with van der Waals surface area (Å²) < 4.78 is 0. The zero-order chi connectivity index (χ0) is 13.8. The van der Waals surface area contributed by atoms with Gasteiger partial charge < -0.3 is 15.7 Å². The monoisotopic (exact) mass is 290 g/mol. The average Bonchev–Trinajstić information content (AvgIpc) is 2.22. The Labute approximate surface area is 116 Å². The molecule has 4 nitrogen and oxygen atoms in total.